The number of hydrogen-bond acceptors (Lipinski definition) is 2. The molecule has 0 N–H and O–H groups in total. The summed E-state index contributed by atoms with van der Waals surface area (Å²) in [5, 5.41) is 2.30. The minimum absolute atomic E-state index is 1.02. The van der Waals surface area contributed by atoms with Crippen molar-refractivity contribution in [3.8, 4) is 11.1 Å². The summed E-state index contributed by atoms with van der Waals surface area (Å²) in [5.41, 5.74) is 4.27. The summed E-state index contributed by atoms with van der Waals surface area (Å²) >= 11 is 0. The highest BCUT2D eigenvalue weighted by atomic mass is 14.7. The topological polar surface area (TPSA) is 25.8 Å². The van der Waals surface area contributed by atoms with Crippen LogP contribution in [0.2, 0.25) is 0 Å². The predicted octanol–water partition coefficient (Wildman–Crippen LogP) is 4.45. The Balaban J connectivity index is 2.01. The van der Waals surface area contributed by atoms with Gasteiger partial charge in [-0.15, -0.1) is 0 Å². The molecule has 4 aromatic rings. The quantitative estimate of drug-likeness (QED) is 0.503. The highest BCUT2D eigenvalue weighted by Crippen LogP contribution is 2.28. The molecule has 20 heavy (non-hydrogen) atoms. The molecule has 2 aromatic carbocycles. The molecule has 0 amide bonds. The van der Waals surface area contributed by atoms with Crippen molar-refractivity contribution in [2.45, 2.75) is 0 Å². The molecule has 0 radical (unpaired) electrons. The Morgan fingerprint density at radius 1 is 0.700 bits per heavy atom. The molecule has 2 aromatic heterocycles. The standard InChI is InChI=1S/C18H12N2/c1-2-9-17-14(5-1)11-15(12-20-17)16-8-3-6-13-7-4-10-19-18(13)16/h1-12H. The van der Waals surface area contributed by atoms with Crippen molar-refractivity contribution < 1.29 is 0 Å². The van der Waals surface area contributed by atoms with Crippen LogP contribution in [0, 0.1) is 0 Å². The van der Waals surface area contributed by atoms with Gasteiger partial charge in [0.1, 0.15) is 0 Å². The molecule has 0 atom stereocenters. The predicted molar refractivity (Wildman–Crippen MR) is 82.5 cm³/mol. The van der Waals surface area contributed by atoms with Crippen molar-refractivity contribution in [3.63, 3.8) is 0 Å². The maximum absolute atomic E-state index is 4.54. The van der Waals surface area contributed by atoms with Crippen LogP contribution in [0.15, 0.2) is 73.1 Å². The Labute approximate surface area is 116 Å². The van der Waals surface area contributed by atoms with Crippen LogP contribution in [-0.4, -0.2) is 9.97 Å². The number of fused-ring (bicyclic) bond motifs is 2. The van der Waals surface area contributed by atoms with E-state index < -0.39 is 0 Å². The van der Waals surface area contributed by atoms with Gasteiger partial charge in [0, 0.05) is 34.3 Å². The van der Waals surface area contributed by atoms with E-state index >= 15 is 0 Å². The zero-order valence-electron chi connectivity index (χ0n) is 10.8. The van der Waals surface area contributed by atoms with Gasteiger partial charge in [0.25, 0.3) is 0 Å². The van der Waals surface area contributed by atoms with Gasteiger partial charge in [-0.25, -0.2) is 0 Å². The van der Waals surface area contributed by atoms with Crippen LogP contribution in [0.4, 0.5) is 0 Å². The first-order valence-electron chi connectivity index (χ1n) is 6.61. The van der Waals surface area contributed by atoms with Crippen LogP contribution >= 0.6 is 0 Å². The number of nitrogens with zero attached hydrogens (tertiary/aromatic N) is 2. The Morgan fingerprint density at radius 3 is 2.55 bits per heavy atom. The maximum atomic E-state index is 4.54. The largest absolute Gasteiger partial charge is 0.256 e. The minimum atomic E-state index is 1.02. The third-order valence-corrected chi connectivity index (χ3v) is 3.53. The van der Waals surface area contributed by atoms with Crippen molar-refractivity contribution in [2.75, 3.05) is 0 Å². The summed E-state index contributed by atoms with van der Waals surface area (Å²) in [5.74, 6) is 0. The van der Waals surface area contributed by atoms with Crippen LogP contribution in [0.5, 0.6) is 0 Å². The van der Waals surface area contributed by atoms with E-state index in [9.17, 15) is 0 Å². The van der Waals surface area contributed by atoms with Crippen molar-refractivity contribution in [3.05, 3.63) is 73.1 Å². The van der Waals surface area contributed by atoms with Gasteiger partial charge in [-0.05, 0) is 18.2 Å². The van der Waals surface area contributed by atoms with E-state index in [2.05, 4.69) is 46.4 Å². The van der Waals surface area contributed by atoms with Gasteiger partial charge in [-0.1, -0.05) is 42.5 Å². The molecular weight excluding hydrogens is 244 g/mol. The van der Waals surface area contributed by atoms with Gasteiger partial charge in [0.15, 0.2) is 0 Å². The second kappa shape index (κ2) is 4.42. The van der Waals surface area contributed by atoms with Crippen LogP contribution in [0.1, 0.15) is 0 Å². The second-order valence-electron chi connectivity index (χ2n) is 4.80. The van der Waals surface area contributed by atoms with Crippen molar-refractivity contribution in [2.24, 2.45) is 0 Å². The summed E-state index contributed by atoms with van der Waals surface area (Å²) in [7, 11) is 0. The summed E-state index contributed by atoms with van der Waals surface area (Å²) in [6.45, 7) is 0. The lowest BCUT2D eigenvalue weighted by Gasteiger charge is -2.06. The number of pyridine rings is 2. The Hall–Kier alpha value is -2.74. The SMILES string of the molecule is c1ccc2ncc(-c3cccc4cccnc34)cc2c1. The van der Waals surface area contributed by atoms with Gasteiger partial charge in [-0.2, -0.15) is 0 Å². The van der Waals surface area contributed by atoms with Crippen molar-refractivity contribution in [1.82, 2.24) is 9.97 Å². The van der Waals surface area contributed by atoms with Crippen molar-refractivity contribution >= 4 is 21.8 Å². The minimum Gasteiger partial charge on any atom is -0.256 e. The van der Waals surface area contributed by atoms with E-state index in [1.807, 2.05) is 36.7 Å². The number of rotatable bonds is 1. The average molecular weight is 256 g/mol. The highest BCUT2D eigenvalue weighted by Gasteiger charge is 2.05. The zero-order chi connectivity index (χ0) is 13.4. The molecule has 2 heterocycles. The monoisotopic (exact) mass is 256 g/mol. The molecule has 0 saturated heterocycles. The first-order chi connectivity index (χ1) is 9.92. The van der Waals surface area contributed by atoms with E-state index in [4.69, 9.17) is 0 Å². The lowest BCUT2D eigenvalue weighted by molar-refractivity contribution is 1.39. The van der Waals surface area contributed by atoms with Crippen LogP contribution in [-0.2, 0) is 0 Å². The van der Waals surface area contributed by atoms with Crippen LogP contribution in [0.3, 0.4) is 0 Å². The molecule has 2 nitrogen and oxygen atoms in total. The first-order valence-corrected chi connectivity index (χ1v) is 6.61. The van der Waals surface area contributed by atoms with E-state index in [0.29, 0.717) is 0 Å². The fourth-order valence-electron chi connectivity index (χ4n) is 2.56. The van der Waals surface area contributed by atoms with E-state index in [-0.39, 0.29) is 0 Å². The van der Waals surface area contributed by atoms with Gasteiger partial charge in [-0.3, -0.25) is 9.97 Å². The molecule has 2 heteroatoms. The fourth-order valence-corrected chi connectivity index (χ4v) is 2.56. The third kappa shape index (κ3) is 1.74. The fraction of sp³-hybridized carbons (Fsp3) is 0. The molecule has 0 aliphatic heterocycles. The number of para-hydroxylation sites is 2. The molecule has 0 aliphatic carbocycles. The first kappa shape index (κ1) is 11.1. The Kier molecular flexibility index (Phi) is 2.46. The van der Waals surface area contributed by atoms with Gasteiger partial charge < -0.3 is 0 Å². The lowest BCUT2D eigenvalue weighted by atomic mass is 10.0. The molecule has 4 rings (SSSR count). The molecule has 0 spiro atoms. The Morgan fingerprint density at radius 2 is 1.55 bits per heavy atom. The smallest absolute Gasteiger partial charge is 0.0780 e. The molecular formula is C18H12N2. The summed E-state index contributed by atoms with van der Waals surface area (Å²) in [6.07, 6.45) is 3.76. The van der Waals surface area contributed by atoms with E-state index in [1.165, 1.54) is 0 Å². The lowest BCUT2D eigenvalue weighted by Crippen LogP contribution is -1.86. The van der Waals surface area contributed by atoms with Crippen molar-refractivity contribution in [1.29, 1.82) is 0 Å². The number of benzene rings is 2. The molecule has 94 valence electrons. The number of aromatic nitrogens is 2. The van der Waals surface area contributed by atoms with Gasteiger partial charge in [0.05, 0.1) is 11.0 Å². The van der Waals surface area contributed by atoms with E-state index in [1.54, 1.807) is 0 Å². The molecule has 0 unspecified atom stereocenters. The molecule has 0 aliphatic rings. The Bertz CT molecular complexity index is 908. The zero-order valence-corrected chi connectivity index (χ0v) is 10.8. The second-order valence-corrected chi connectivity index (χ2v) is 4.80. The summed E-state index contributed by atoms with van der Waals surface area (Å²) < 4.78 is 0. The molecule has 0 bridgehead atoms. The third-order valence-electron chi connectivity index (χ3n) is 3.53. The average Bonchev–Trinajstić information content (AvgIpc) is 2.54. The highest BCUT2D eigenvalue weighted by molar-refractivity contribution is 5.95. The van der Waals surface area contributed by atoms with Gasteiger partial charge >= 0.3 is 0 Å². The summed E-state index contributed by atoms with van der Waals surface area (Å²) in [6, 6.07) is 20.6. The number of hydrogen-bond donors (Lipinski definition) is 0. The normalized spacial score (nSPS) is 11.0. The van der Waals surface area contributed by atoms with Crippen LogP contribution < -0.4 is 0 Å². The van der Waals surface area contributed by atoms with E-state index in [0.717, 1.165) is 32.9 Å². The molecule has 0 saturated carbocycles. The van der Waals surface area contributed by atoms with Gasteiger partial charge in [0.2, 0.25) is 0 Å². The van der Waals surface area contributed by atoms with Crippen LogP contribution in [0.25, 0.3) is 32.9 Å². The maximum Gasteiger partial charge on any atom is 0.0780 e. The molecule has 0 fully saturated rings. The summed E-state index contributed by atoms with van der Waals surface area (Å²) in [4.78, 5) is 9.05.